The Hall–Kier alpha value is -1.30. The summed E-state index contributed by atoms with van der Waals surface area (Å²) in [6, 6.07) is 4.20. The van der Waals surface area contributed by atoms with Crippen LogP contribution in [0.2, 0.25) is 0 Å². The minimum absolute atomic E-state index is 0.744. The van der Waals surface area contributed by atoms with E-state index in [4.69, 9.17) is 4.74 Å². The van der Waals surface area contributed by atoms with E-state index in [9.17, 15) is 0 Å². The van der Waals surface area contributed by atoms with Crippen LogP contribution in [0.3, 0.4) is 0 Å². The molecule has 114 valence electrons. The molecule has 0 aromatic carbocycles. The second-order valence-electron chi connectivity index (χ2n) is 5.04. The van der Waals surface area contributed by atoms with E-state index in [0.29, 0.717) is 0 Å². The van der Waals surface area contributed by atoms with Crippen LogP contribution in [-0.2, 0) is 17.6 Å². The topological polar surface area (TPSA) is 47.0 Å². The first-order chi connectivity index (χ1) is 10.2. The van der Waals surface area contributed by atoms with Gasteiger partial charge in [-0.2, -0.15) is 0 Å². The minimum Gasteiger partial charge on any atom is -0.383 e. The van der Waals surface area contributed by atoms with Crippen molar-refractivity contribution in [2.75, 3.05) is 26.8 Å². The Morgan fingerprint density at radius 1 is 1.19 bits per heavy atom. The predicted octanol–water partition coefficient (Wildman–Crippen LogP) is 2.52. The molecule has 1 N–H and O–H groups in total. The number of aryl methyl sites for hydroxylation is 2. The molecule has 0 aliphatic rings. The van der Waals surface area contributed by atoms with Crippen molar-refractivity contribution in [3.8, 4) is 0 Å². The first-order valence-electron chi connectivity index (χ1n) is 7.25. The molecule has 0 aliphatic heterocycles. The van der Waals surface area contributed by atoms with E-state index in [1.54, 1.807) is 18.4 Å². The van der Waals surface area contributed by atoms with Crippen LogP contribution in [0.4, 0.5) is 0 Å². The summed E-state index contributed by atoms with van der Waals surface area (Å²) in [5.41, 5.74) is 3.46. The first kappa shape index (κ1) is 16.1. The zero-order valence-electron chi connectivity index (χ0n) is 13.0. The molecule has 0 saturated carbocycles. The van der Waals surface area contributed by atoms with E-state index in [0.717, 1.165) is 49.8 Å². The number of nitrogens with one attached hydrogen (secondary N) is 1. The number of methoxy groups -OCH3 is 1. The van der Waals surface area contributed by atoms with Crippen molar-refractivity contribution in [3.63, 3.8) is 0 Å². The van der Waals surface area contributed by atoms with Gasteiger partial charge in [-0.05, 0) is 43.8 Å². The fourth-order valence-corrected chi connectivity index (χ4v) is 3.03. The number of ether oxygens (including phenoxy) is 1. The van der Waals surface area contributed by atoms with Crippen molar-refractivity contribution < 1.29 is 4.74 Å². The van der Waals surface area contributed by atoms with E-state index in [2.05, 4.69) is 46.6 Å². The highest BCUT2D eigenvalue weighted by molar-refractivity contribution is 7.09. The molecule has 2 aromatic rings. The maximum absolute atomic E-state index is 5.02. The van der Waals surface area contributed by atoms with Crippen LogP contribution in [0.15, 0.2) is 17.5 Å². The molecule has 0 atom stereocenters. The van der Waals surface area contributed by atoms with Crippen LogP contribution in [0, 0.1) is 13.8 Å². The van der Waals surface area contributed by atoms with Gasteiger partial charge in [-0.1, -0.05) is 6.07 Å². The van der Waals surface area contributed by atoms with E-state index in [-0.39, 0.29) is 0 Å². The maximum Gasteiger partial charge on any atom is 0.134 e. The van der Waals surface area contributed by atoms with Crippen LogP contribution in [-0.4, -0.2) is 36.8 Å². The SMILES string of the molecule is COCCNCCc1c(C)nc(Cc2cccs2)nc1C. The summed E-state index contributed by atoms with van der Waals surface area (Å²) in [6.45, 7) is 6.72. The Labute approximate surface area is 130 Å². The number of hydrogen-bond acceptors (Lipinski definition) is 5. The Morgan fingerprint density at radius 2 is 1.95 bits per heavy atom. The lowest BCUT2D eigenvalue weighted by molar-refractivity contribution is 0.199. The van der Waals surface area contributed by atoms with Gasteiger partial charge >= 0.3 is 0 Å². The quantitative estimate of drug-likeness (QED) is 0.761. The van der Waals surface area contributed by atoms with Gasteiger partial charge in [-0.3, -0.25) is 0 Å². The molecule has 0 spiro atoms. The first-order valence-corrected chi connectivity index (χ1v) is 8.13. The third-order valence-electron chi connectivity index (χ3n) is 3.41. The number of thiophene rings is 1. The molecule has 0 saturated heterocycles. The number of rotatable bonds is 8. The third-order valence-corrected chi connectivity index (χ3v) is 4.29. The molecule has 4 nitrogen and oxygen atoms in total. The summed E-state index contributed by atoms with van der Waals surface area (Å²) < 4.78 is 5.02. The maximum atomic E-state index is 5.02. The van der Waals surface area contributed by atoms with Crippen molar-refractivity contribution in [1.82, 2.24) is 15.3 Å². The Morgan fingerprint density at radius 3 is 2.57 bits per heavy atom. The third kappa shape index (κ3) is 4.88. The number of hydrogen-bond donors (Lipinski definition) is 1. The smallest absolute Gasteiger partial charge is 0.134 e. The Kier molecular flexibility index (Phi) is 6.29. The second-order valence-corrected chi connectivity index (χ2v) is 6.07. The predicted molar refractivity (Wildman–Crippen MR) is 87.1 cm³/mol. The molecule has 2 aromatic heterocycles. The fourth-order valence-electron chi connectivity index (χ4n) is 2.33. The zero-order chi connectivity index (χ0) is 15.1. The van der Waals surface area contributed by atoms with Crippen LogP contribution < -0.4 is 5.32 Å². The van der Waals surface area contributed by atoms with E-state index in [1.165, 1.54) is 10.4 Å². The van der Waals surface area contributed by atoms with E-state index >= 15 is 0 Å². The van der Waals surface area contributed by atoms with Gasteiger partial charge in [-0.25, -0.2) is 9.97 Å². The summed E-state index contributed by atoms with van der Waals surface area (Å²) >= 11 is 1.75. The zero-order valence-corrected chi connectivity index (χ0v) is 13.8. The van der Waals surface area contributed by atoms with Gasteiger partial charge in [0.2, 0.25) is 0 Å². The Bertz CT molecular complexity index is 532. The average Bonchev–Trinajstić information content (AvgIpc) is 2.94. The van der Waals surface area contributed by atoms with Gasteiger partial charge < -0.3 is 10.1 Å². The molecule has 0 radical (unpaired) electrons. The summed E-state index contributed by atoms with van der Waals surface area (Å²) in [6.07, 6.45) is 1.78. The lowest BCUT2D eigenvalue weighted by Crippen LogP contribution is -2.22. The molecule has 0 amide bonds. The van der Waals surface area contributed by atoms with Crippen molar-refractivity contribution in [1.29, 1.82) is 0 Å². The van der Waals surface area contributed by atoms with Crippen LogP contribution in [0.1, 0.15) is 27.7 Å². The molecule has 21 heavy (non-hydrogen) atoms. The summed E-state index contributed by atoms with van der Waals surface area (Å²) in [7, 11) is 1.72. The standard InChI is InChI=1S/C16H23N3OS/c1-12-15(6-7-17-8-9-20-3)13(2)19-16(18-12)11-14-5-4-10-21-14/h4-5,10,17H,6-9,11H2,1-3H3. The van der Waals surface area contributed by atoms with Gasteiger partial charge in [0.05, 0.1) is 6.61 Å². The van der Waals surface area contributed by atoms with Crippen LogP contribution >= 0.6 is 11.3 Å². The van der Waals surface area contributed by atoms with Crippen molar-refractivity contribution >= 4 is 11.3 Å². The molecule has 2 rings (SSSR count). The van der Waals surface area contributed by atoms with E-state index in [1.807, 2.05) is 0 Å². The lowest BCUT2D eigenvalue weighted by Gasteiger charge is -2.11. The van der Waals surface area contributed by atoms with Gasteiger partial charge in [0.1, 0.15) is 5.82 Å². The van der Waals surface area contributed by atoms with E-state index < -0.39 is 0 Å². The summed E-state index contributed by atoms with van der Waals surface area (Å²) in [4.78, 5) is 10.6. The van der Waals surface area contributed by atoms with Gasteiger partial charge in [0, 0.05) is 36.3 Å². The highest BCUT2D eigenvalue weighted by Gasteiger charge is 2.09. The van der Waals surface area contributed by atoms with Crippen LogP contribution in [0.5, 0.6) is 0 Å². The normalized spacial score (nSPS) is 11.0. The Balaban J connectivity index is 1.96. The fraction of sp³-hybridized carbons (Fsp3) is 0.500. The molecule has 0 aliphatic carbocycles. The molecule has 0 fully saturated rings. The van der Waals surface area contributed by atoms with Gasteiger partial charge in [0.25, 0.3) is 0 Å². The summed E-state index contributed by atoms with van der Waals surface area (Å²) in [5.74, 6) is 0.920. The van der Waals surface area contributed by atoms with Crippen molar-refractivity contribution in [3.05, 3.63) is 45.2 Å². The highest BCUT2D eigenvalue weighted by atomic mass is 32.1. The average molecular weight is 305 g/mol. The molecule has 0 bridgehead atoms. The minimum atomic E-state index is 0.744. The second kappa shape index (κ2) is 8.22. The monoisotopic (exact) mass is 305 g/mol. The largest absolute Gasteiger partial charge is 0.383 e. The molecule has 0 unspecified atom stereocenters. The van der Waals surface area contributed by atoms with Crippen molar-refractivity contribution in [2.24, 2.45) is 0 Å². The van der Waals surface area contributed by atoms with Crippen molar-refractivity contribution in [2.45, 2.75) is 26.7 Å². The van der Waals surface area contributed by atoms with Gasteiger partial charge in [0.15, 0.2) is 0 Å². The summed E-state index contributed by atoms with van der Waals surface area (Å²) in [5, 5.41) is 5.45. The van der Waals surface area contributed by atoms with Gasteiger partial charge in [-0.15, -0.1) is 11.3 Å². The number of nitrogens with zero attached hydrogens (tertiary/aromatic N) is 2. The lowest BCUT2D eigenvalue weighted by atomic mass is 10.1. The molecule has 2 heterocycles. The molecular weight excluding hydrogens is 282 g/mol. The highest BCUT2D eigenvalue weighted by Crippen LogP contribution is 2.16. The molecule has 5 heteroatoms. The van der Waals surface area contributed by atoms with Crippen LogP contribution in [0.25, 0.3) is 0 Å². The molecular formula is C16H23N3OS. The number of aromatic nitrogens is 2.